The quantitative estimate of drug-likeness (QED) is 0.584. The molecule has 7 nitrogen and oxygen atoms in total. The number of carbonyl (C=O) groups excluding carboxylic acids is 2. The predicted molar refractivity (Wildman–Crippen MR) is 111 cm³/mol. The van der Waals surface area contributed by atoms with Gasteiger partial charge in [0.05, 0.1) is 0 Å². The summed E-state index contributed by atoms with van der Waals surface area (Å²) in [6.07, 6.45) is 5.33. The molecule has 1 N–H and O–H groups in total. The van der Waals surface area contributed by atoms with Gasteiger partial charge in [-0.15, -0.1) is 0 Å². The van der Waals surface area contributed by atoms with Crippen LogP contribution < -0.4 is 10.1 Å². The number of rotatable bonds is 8. The van der Waals surface area contributed by atoms with Crippen LogP contribution in [0.1, 0.15) is 33.1 Å². The van der Waals surface area contributed by atoms with Crippen molar-refractivity contribution in [3.8, 4) is 5.88 Å². The van der Waals surface area contributed by atoms with Crippen LogP contribution in [-0.2, 0) is 17.8 Å². The van der Waals surface area contributed by atoms with Crippen molar-refractivity contribution in [3.63, 3.8) is 0 Å². The van der Waals surface area contributed by atoms with E-state index in [0.29, 0.717) is 29.7 Å². The lowest BCUT2D eigenvalue weighted by atomic mass is 10.0. The Kier molecular flexibility index (Phi) is 6.34. The normalized spacial score (nSPS) is 15.0. The van der Waals surface area contributed by atoms with Gasteiger partial charge in [0, 0.05) is 43.3 Å². The highest BCUT2D eigenvalue weighted by Gasteiger charge is 2.40. The van der Waals surface area contributed by atoms with Crippen molar-refractivity contribution in [2.45, 2.75) is 25.6 Å². The topological polar surface area (TPSA) is 84.4 Å². The highest BCUT2D eigenvalue weighted by Crippen LogP contribution is 2.33. The predicted octanol–water partition coefficient (Wildman–Crippen LogP) is 3.13. The molecule has 0 saturated heterocycles. The first kappa shape index (κ1) is 21.4. The number of fused-ring (bicyclic) bond motifs is 1. The summed E-state index contributed by atoms with van der Waals surface area (Å²) in [6, 6.07) is 12.9. The lowest BCUT2D eigenvalue weighted by Gasteiger charge is -2.24. The van der Waals surface area contributed by atoms with Crippen molar-refractivity contribution < 1.29 is 23.1 Å². The summed E-state index contributed by atoms with van der Waals surface area (Å²) < 4.78 is 28.7. The van der Waals surface area contributed by atoms with Gasteiger partial charge in [0.1, 0.15) is 6.04 Å². The Morgan fingerprint density at radius 1 is 1.09 bits per heavy atom. The Morgan fingerprint density at radius 2 is 1.94 bits per heavy atom. The summed E-state index contributed by atoms with van der Waals surface area (Å²) in [5, 5.41) is 2.82. The Balaban J connectivity index is 1.47. The lowest BCUT2D eigenvalue weighted by molar-refractivity contribution is -0.125. The van der Waals surface area contributed by atoms with Gasteiger partial charge < -0.3 is 15.0 Å². The minimum Gasteiger partial charge on any atom is -0.417 e. The second-order valence-electron chi connectivity index (χ2n) is 7.20. The molecule has 3 heterocycles. The molecule has 9 heteroatoms. The molecule has 2 aromatic heterocycles. The van der Waals surface area contributed by atoms with E-state index in [1.54, 1.807) is 47.6 Å². The molecule has 1 atom stereocenters. The summed E-state index contributed by atoms with van der Waals surface area (Å²) in [5.74, 6) is -0.728. The average molecular weight is 438 g/mol. The lowest BCUT2D eigenvalue weighted by Crippen LogP contribution is -2.39. The second-order valence-corrected chi connectivity index (χ2v) is 7.20. The Bertz CT molecular complexity index is 1090. The molecule has 3 aromatic rings. The summed E-state index contributed by atoms with van der Waals surface area (Å²) in [6.45, 7) is -2.46. The average Bonchev–Trinajstić information content (AvgIpc) is 3.09. The maximum Gasteiger partial charge on any atom is 0.388 e. The first-order valence-corrected chi connectivity index (χ1v) is 9.99. The smallest absolute Gasteiger partial charge is 0.388 e. The van der Waals surface area contributed by atoms with Gasteiger partial charge in [0.15, 0.2) is 0 Å². The molecule has 0 fully saturated rings. The maximum atomic E-state index is 13.1. The van der Waals surface area contributed by atoms with Crippen LogP contribution >= 0.6 is 0 Å². The van der Waals surface area contributed by atoms with Gasteiger partial charge in [-0.2, -0.15) is 8.78 Å². The summed E-state index contributed by atoms with van der Waals surface area (Å²) in [5.41, 5.74) is 2.74. The third-order valence-corrected chi connectivity index (χ3v) is 5.15. The van der Waals surface area contributed by atoms with E-state index in [9.17, 15) is 18.4 Å². The number of nitrogens with zero attached hydrogens (tertiary/aromatic N) is 3. The highest BCUT2D eigenvalue weighted by molar-refractivity contribution is 6.04. The van der Waals surface area contributed by atoms with E-state index in [4.69, 9.17) is 0 Å². The largest absolute Gasteiger partial charge is 0.417 e. The molecule has 164 valence electrons. The number of hydrogen-bond donors (Lipinski definition) is 1. The third-order valence-electron chi connectivity index (χ3n) is 5.15. The number of carbonyl (C=O) groups is 2. The van der Waals surface area contributed by atoms with E-state index >= 15 is 0 Å². The molecule has 1 aromatic carbocycles. The fourth-order valence-corrected chi connectivity index (χ4v) is 3.64. The molecule has 0 bridgehead atoms. The van der Waals surface area contributed by atoms with E-state index in [2.05, 4.69) is 20.0 Å². The van der Waals surface area contributed by atoms with Crippen LogP contribution in [0.25, 0.3) is 0 Å². The van der Waals surface area contributed by atoms with E-state index in [1.807, 2.05) is 12.1 Å². The van der Waals surface area contributed by atoms with E-state index < -0.39 is 12.7 Å². The van der Waals surface area contributed by atoms with Crippen molar-refractivity contribution in [1.82, 2.24) is 20.2 Å². The van der Waals surface area contributed by atoms with Crippen molar-refractivity contribution in [2.75, 3.05) is 6.54 Å². The minimum atomic E-state index is -2.95. The molecule has 2 amide bonds. The standard InChI is InChI=1S/C23H20F2N4O3/c24-23(25)32-19-8-7-16(13-27-19)14-28-21(30)20-17-5-1-2-6-18(17)22(31)29(20)11-9-15-4-3-10-26-12-15/h1-8,10,12-13,20,23H,9,11,14H2,(H,28,30). The summed E-state index contributed by atoms with van der Waals surface area (Å²) >= 11 is 0. The molecular weight excluding hydrogens is 418 g/mol. The molecule has 1 aliphatic rings. The van der Waals surface area contributed by atoms with Crippen molar-refractivity contribution >= 4 is 11.8 Å². The zero-order valence-electron chi connectivity index (χ0n) is 16.9. The van der Waals surface area contributed by atoms with Gasteiger partial charge in [-0.3, -0.25) is 14.6 Å². The van der Waals surface area contributed by atoms with Crippen LogP contribution in [0.5, 0.6) is 5.88 Å². The van der Waals surface area contributed by atoms with Gasteiger partial charge in [-0.05, 0) is 35.2 Å². The van der Waals surface area contributed by atoms with Crippen LogP contribution in [-0.4, -0.2) is 39.8 Å². The van der Waals surface area contributed by atoms with Crippen molar-refractivity contribution in [3.05, 3.63) is 89.4 Å². The number of ether oxygens (including phenoxy) is 1. The third kappa shape index (κ3) is 4.72. The zero-order chi connectivity index (χ0) is 22.5. The number of nitrogens with one attached hydrogen (secondary N) is 1. The van der Waals surface area contributed by atoms with E-state index in [1.165, 1.54) is 12.3 Å². The molecule has 0 saturated carbocycles. The Morgan fingerprint density at radius 3 is 2.66 bits per heavy atom. The van der Waals surface area contributed by atoms with Crippen LogP contribution in [0.4, 0.5) is 8.78 Å². The first-order valence-electron chi connectivity index (χ1n) is 9.99. The van der Waals surface area contributed by atoms with Gasteiger partial charge in [0.25, 0.3) is 5.91 Å². The highest BCUT2D eigenvalue weighted by atomic mass is 19.3. The fourth-order valence-electron chi connectivity index (χ4n) is 3.64. The molecule has 32 heavy (non-hydrogen) atoms. The molecule has 0 aliphatic carbocycles. The molecule has 1 aliphatic heterocycles. The number of halogens is 2. The number of benzene rings is 1. The van der Waals surface area contributed by atoms with Crippen molar-refractivity contribution in [2.24, 2.45) is 0 Å². The Hall–Kier alpha value is -3.88. The van der Waals surface area contributed by atoms with Crippen LogP contribution in [0.2, 0.25) is 0 Å². The molecule has 4 rings (SSSR count). The van der Waals surface area contributed by atoms with Gasteiger partial charge in [-0.25, -0.2) is 4.98 Å². The van der Waals surface area contributed by atoms with Crippen LogP contribution in [0, 0.1) is 0 Å². The van der Waals surface area contributed by atoms with Gasteiger partial charge in [-0.1, -0.05) is 30.3 Å². The number of aromatic nitrogens is 2. The fraction of sp³-hybridized carbons (Fsp3) is 0.217. The Labute approximate surface area is 183 Å². The monoisotopic (exact) mass is 438 g/mol. The molecule has 0 spiro atoms. The summed E-state index contributed by atoms with van der Waals surface area (Å²) in [7, 11) is 0. The molecular formula is C23H20F2N4O3. The van der Waals surface area contributed by atoms with Crippen LogP contribution in [0.3, 0.4) is 0 Å². The number of amides is 2. The SMILES string of the molecule is O=C(NCc1ccc(OC(F)F)nc1)C1c2ccccc2C(=O)N1CCc1cccnc1. The minimum absolute atomic E-state index is 0.129. The second kappa shape index (κ2) is 9.51. The van der Waals surface area contributed by atoms with Gasteiger partial charge in [0.2, 0.25) is 11.8 Å². The maximum absolute atomic E-state index is 13.1. The van der Waals surface area contributed by atoms with Crippen LogP contribution in [0.15, 0.2) is 67.1 Å². The number of alkyl halides is 2. The first-order chi connectivity index (χ1) is 15.5. The van der Waals surface area contributed by atoms with Crippen molar-refractivity contribution in [1.29, 1.82) is 0 Å². The van der Waals surface area contributed by atoms with Gasteiger partial charge >= 0.3 is 6.61 Å². The number of hydrogen-bond acceptors (Lipinski definition) is 5. The van der Waals surface area contributed by atoms with E-state index in [0.717, 1.165) is 5.56 Å². The van der Waals surface area contributed by atoms with E-state index in [-0.39, 0.29) is 24.2 Å². The molecule has 0 radical (unpaired) electrons. The number of pyridine rings is 2. The summed E-state index contributed by atoms with van der Waals surface area (Å²) in [4.78, 5) is 35.5. The molecule has 1 unspecified atom stereocenters. The zero-order valence-corrected chi connectivity index (χ0v) is 16.9.